The number of benzene rings is 2. The summed E-state index contributed by atoms with van der Waals surface area (Å²) in [4.78, 5) is 15.9. The molecular formula is C22H29FN3O+. The predicted octanol–water partition coefficient (Wildman–Crippen LogP) is 1.84. The number of hydrogen-bond acceptors (Lipinski definition) is 2. The molecule has 0 aromatic heterocycles. The average Bonchev–Trinajstić information content (AvgIpc) is 2.70. The zero-order valence-electron chi connectivity index (χ0n) is 16.0. The highest BCUT2D eigenvalue weighted by molar-refractivity contribution is 5.76. The molecular weight excluding hydrogens is 341 g/mol. The van der Waals surface area contributed by atoms with Crippen LogP contribution in [0.4, 0.5) is 10.1 Å². The van der Waals surface area contributed by atoms with Crippen LogP contribution in [0.5, 0.6) is 0 Å². The number of quaternary nitrogens is 1. The molecule has 1 heterocycles. The number of nitrogens with zero attached hydrogens (tertiary/aromatic N) is 1. The standard InChI is InChI=1S/C22H28FN3O/c1-2-18(19-6-4-3-5-7-19)16-24-22(27)17-25-12-14-26(15-13-25)21-10-8-20(23)9-11-21/h3-11,18H,2,12-17H2,1H3,(H,24,27)/p+1/t18-/m1/s1. The van der Waals surface area contributed by atoms with E-state index in [9.17, 15) is 9.18 Å². The van der Waals surface area contributed by atoms with Crippen molar-refractivity contribution in [2.75, 3.05) is 44.2 Å². The summed E-state index contributed by atoms with van der Waals surface area (Å²) in [5.41, 5.74) is 2.33. The molecule has 0 spiro atoms. The van der Waals surface area contributed by atoms with Crippen LogP contribution in [-0.4, -0.2) is 45.2 Å². The molecule has 2 N–H and O–H groups in total. The lowest BCUT2D eigenvalue weighted by atomic mass is 9.96. The summed E-state index contributed by atoms with van der Waals surface area (Å²) in [6.07, 6.45) is 1.01. The predicted molar refractivity (Wildman–Crippen MR) is 107 cm³/mol. The molecule has 0 bridgehead atoms. The summed E-state index contributed by atoms with van der Waals surface area (Å²) in [6, 6.07) is 17.0. The van der Waals surface area contributed by atoms with Crippen LogP contribution >= 0.6 is 0 Å². The van der Waals surface area contributed by atoms with Gasteiger partial charge in [0.05, 0.1) is 26.2 Å². The largest absolute Gasteiger partial charge is 0.360 e. The van der Waals surface area contributed by atoms with Crippen LogP contribution in [0.25, 0.3) is 0 Å². The molecule has 0 radical (unpaired) electrons. The maximum Gasteiger partial charge on any atom is 0.275 e. The monoisotopic (exact) mass is 370 g/mol. The lowest BCUT2D eigenvalue weighted by Crippen LogP contribution is -3.16. The van der Waals surface area contributed by atoms with E-state index in [0.717, 1.165) is 38.3 Å². The van der Waals surface area contributed by atoms with Crippen LogP contribution in [0, 0.1) is 5.82 Å². The fourth-order valence-electron chi connectivity index (χ4n) is 3.66. The molecule has 2 aromatic carbocycles. The van der Waals surface area contributed by atoms with Crippen molar-refractivity contribution in [3.63, 3.8) is 0 Å². The molecule has 2 aromatic rings. The summed E-state index contributed by atoms with van der Waals surface area (Å²) in [5.74, 6) is 0.274. The first-order valence-electron chi connectivity index (χ1n) is 9.81. The first-order chi connectivity index (χ1) is 13.2. The van der Waals surface area contributed by atoms with Gasteiger partial charge in [-0.2, -0.15) is 0 Å². The molecule has 0 aliphatic carbocycles. The lowest BCUT2D eigenvalue weighted by molar-refractivity contribution is -0.892. The van der Waals surface area contributed by atoms with Gasteiger partial charge in [0.15, 0.2) is 6.54 Å². The Morgan fingerprint density at radius 1 is 1.11 bits per heavy atom. The molecule has 27 heavy (non-hydrogen) atoms. The number of hydrogen-bond donors (Lipinski definition) is 2. The van der Waals surface area contributed by atoms with E-state index in [1.807, 2.05) is 30.3 Å². The van der Waals surface area contributed by atoms with Crippen molar-refractivity contribution in [3.8, 4) is 0 Å². The van der Waals surface area contributed by atoms with Gasteiger partial charge in [-0.3, -0.25) is 4.79 Å². The number of nitrogens with one attached hydrogen (secondary N) is 2. The molecule has 1 aliphatic rings. The number of rotatable bonds is 7. The van der Waals surface area contributed by atoms with Gasteiger partial charge >= 0.3 is 0 Å². The van der Waals surface area contributed by atoms with Gasteiger partial charge in [-0.1, -0.05) is 37.3 Å². The molecule has 0 unspecified atom stereocenters. The average molecular weight is 370 g/mol. The number of carbonyl (C=O) groups is 1. The highest BCUT2D eigenvalue weighted by atomic mass is 19.1. The van der Waals surface area contributed by atoms with E-state index in [1.54, 1.807) is 0 Å². The zero-order valence-corrected chi connectivity index (χ0v) is 16.0. The summed E-state index contributed by atoms with van der Waals surface area (Å²) >= 11 is 0. The quantitative estimate of drug-likeness (QED) is 0.780. The van der Waals surface area contributed by atoms with Crippen LogP contribution in [-0.2, 0) is 4.79 Å². The molecule has 3 rings (SSSR count). The molecule has 1 atom stereocenters. The number of piperazine rings is 1. The van der Waals surface area contributed by atoms with Crippen LogP contribution in [0.1, 0.15) is 24.8 Å². The number of halogens is 1. The first kappa shape index (κ1) is 19.4. The van der Waals surface area contributed by atoms with Gasteiger partial charge < -0.3 is 15.1 Å². The molecule has 1 saturated heterocycles. The normalized spacial score (nSPS) is 16.1. The van der Waals surface area contributed by atoms with Gasteiger partial charge in [0.2, 0.25) is 0 Å². The van der Waals surface area contributed by atoms with Crippen LogP contribution in [0.15, 0.2) is 54.6 Å². The summed E-state index contributed by atoms with van der Waals surface area (Å²) in [7, 11) is 0. The van der Waals surface area contributed by atoms with Crippen molar-refractivity contribution < 1.29 is 14.1 Å². The maximum absolute atomic E-state index is 13.1. The second-order valence-electron chi connectivity index (χ2n) is 7.21. The highest BCUT2D eigenvalue weighted by Crippen LogP contribution is 2.18. The third kappa shape index (κ3) is 5.54. The topological polar surface area (TPSA) is 36.8 Å². The van der Waals surface area contributed by atoms with Crippen LogP contribution in [0.3, 0.4) is 0 Å². The van der Waals surface area contributed by atoms with E-state index in [-0.39, 0.29) is 11.7 Å². The van der Waals surface area contributed by atoms with Crippen molar-refractivity contribution in [2.24, 2.45) is 0 Å². The van der Waals surface area contributed by atoms with Crippen LogP contribution in [0.2, 0.25) is 0 Å². The Labute approximate surface area is 161 Å². The SMILES string of the molecule is CC[C@H](CNC(=O)C[NH+]1CCN(c2ccc(F)cc2)CC1)c1ccccc1. The third-order valence-electron chi connectivity index (χ3n) is 5.38. The maximum atomic E-state index is 13.1. The number of carbonyl (C=O) groups excluding carboxylic acids is 1. The second kappa shape index (κ2) is 9.51. The number of amides is 1. The van der Waals surface area contributed by atoms with Gasteiger partial charge in [-0.05, 0) is 36.2 Å². The molecule has 1 amide bonds. The third-order valence-corrected chi connectivity index (χ3v) is 5.38. The van der Waals surface area contributed by atoms with Crippen LogP contribution < -0.4 is 15.1 Å². The summed E-state index contributed by atoms with van der Waals surface area (Å²) in [6.45, 7) is 6.97. The van der Waals surface area contributed by atoms with Crippen molar-refractivity contribution in [3.05, 3.63) is 66.0 Å². The Hall–Kier alpha value is -2.40. The number of anilines is 1. The summed E-state index contributed by atoms with van der Waals surface area (Å²) in [5, 5.41) is 3.11. The first-order valence-corrected chi connectivity index (χ1v) is 9.81. The van der Waals surface area contributed by atoms with Crippen molar-refractivity contribution in [1.29, 1.82) is 0 Å². The Balaban J connectivity index is 1.42. The van der Waals surface area contributed by atoms with E-state index in [0.29, 0.717) is 19.0 Å². The minimum absolute atomic E-state index is 0.120. The van der Waals surface area contributed by atoms with E-state index in [1.165, 1.54) is 22.6 Å². The Bertz CT molecular complexity index is 712. The van der Waals surface area contributed by atoms with Crippen molar-refractivity contribution >= 4 is 11.6 Å². The van der Waals surface area contributed by atoms with Gasteiger partial charge in [-0.15, -0.1) is 0 Å². The van der Waals surface area contributed by atoms with E-state index < -0.39 is 0 Å². The van der Waals surface area contributed by atoms with Crippen molar-refractivity contribution in [2.45, 2.75) is 19.3 Å². The molecule has 1 fully saturated rings. The van der Waals surface area contributed by atoms with E-state index in [4.69, 9.17) is 0 Å². The minimum Gasteiger partial charge on any atom is -0.360 e. The fourth-order valence-corrected chi connectivity index (χ4v) is 3.66. The molecule has 5 heteroatoms. The Morgan fingerprint density at radius 2 is 1.78 bits per heavy atom. The smallest absolute Gasteiger partial charge is 0.275 e. The van der Waals surface area contributed by atoms with E-state index >= 15 is 0 Å². The molecule has 4 nitrogen and oxygen atoms in total. The molecule has 0 saturated carbocycles. The second-order valence-corrected chi connectivity index (χ2v) is 7.21. The van der Waals surface area contributed by atoms with E-state index in [2.05, 4.69) is 29.3 Å². The fraction of sp³-hybridized carbons (Fsp3) is 0.409. The van der Waals surface area contributed by atoms with Gasteiger partial charge in [0, 0.05) is 18.2 Å². The Morgan fingerprint density at radius 3 is 2.41 bits per heavy atom. The Kier molecular flexibility index (Phi) is 6.82. The van der Waals surface area contributed by atoms with Gasteiger partial charge in [0.25, 0.3) is 5.91 Å². The van der Waals surface area contributed by atoms with Crippen molar-refractivity contribution in [1.82, 2.24) is 5.32 Å². The zero-order chi connectivity index (χ0) is 19.1. The van der Waals surface area contributed by atoms with Gasteiger partial charge in [0.1, 0.15) is 5.82 Å². The molecule has 1 aliphatic heterocycles. The lowest BCUT2D eigenvalue weighted by Gasteiger charge is -2.33. The molecule has 144 valence electrons. The summed E-state index contributed by atoms with van der Waals surface area (Å²) < 4.78 is 13.1. The minimum atomic E-state index is -0.208. The highest BCUT2D eigenvalue weighted by Gasteiger charge is 2.22. The van der Waals surface area contributed by atoms with Gasteiger partial charge in [-0.25, -0.2) is 4.39 Å².